The third-order valence-corrected chi connectivity index (χ3v) is 3.60. The fraction of sp³-hybridized carbons (Fsp3) is 0.250. The number of hydrogen-bond donors (Lipinski definition) is 1. The van der Waals surface area contributed by atoms with Crippen LogP contribution in [-0.2, 0) is 13.5 Å². The summed E-state index contributed by atoms with van der Waals surface area (Å²) in [4.78, 5) is 16.5. The third-order valence-electron chi connectivity index (χ3n) is 3.60. The monoisotopic (exact) mass is 347 g/mol. The minimum atomic E-state index is -2.89. The van der Waals surface area contributed by atoms with E-state index in [4.69, 9.17) is 0 Å². The first kappa shape index (κ1) is 16.7. The zero-order chi connectivity index (χ0) is 17.8. The Hall–Kier alpha value is -3.10. The van der Waals surface area contributed by atoms with Gasteiger partial charge < -0.3 is 10.1 Å². The van der Waals surface area contributed by atoms with Crippen LogP contribution >= 0.6 is 0 Å². The molecule has 2 heterocycles. The Morgan fingerprint density at radius 1 is 1.32 bits per heavy atom. The van der Waals surface area contributed by atoms with Crippen LogP contribution in [0.1, 0.15) is 15.9 Å². The van der Waals surface area contributed by atoms with E-state index in [0.29, 0.717) is 28.7 Å². The molecule has 0 fully saturated rings. The molecule has 0 saturated carbocycles. The van der Waals surface area contributed by atoms with Gasteiger partial charge >= 0.3 is 6.61 Å². The molecule has 3 aromatic rings. The minimum absolute atomic E-state index is 0.104. The summed E-state index contributed by atoms with van der Waals surface area (Å²) in [7, 11) is 1.68. The molecule has 3 rings (SSSR count). The van der Waals surface area contributed by atoms with Crippen LogP contribution in [0.2, 0.25) is 0 Å². The fourth-order valence-electron chi connectivity index (χ4n) is 2.44. The SMILES string of the molecule is Cn1nnc2c(C(=O)NCCc3ccccc3OC(F)F)ccnc21. The number of pyridine rings is 1. The van der Waals surface area contributed by atoms with Gasteiger partial charge in [0.15, 0.2) is 5.65 Å². The molecule has 7 nitrogen and oxygen atoms in total. The highest BCUT2D eigenvalue weighted by atomic mass is 19.3. The Kier molecular flexibility index (Phi) is 4.82. The molecule has 9 heteroatoms. The van der Waals surface area contributed by atoms with Gasteiger partial charge in [-0.25, -0.2) is 9.67 Å². The third kappa shape index (κ3) is 3.70. The summed E-state index contributed by atoms with van der Waals surface area (Å²) in [5.74, 6) is -0.230. The van der Waals surface area contributed by atoms with Crippen LogP contribution in [0.5, 0.6) is 5.75 Å². The lowest BCUT2D eigenvalue weighted by atomic mass is 10.1. The highest BCUT2D eigenvalue weighted by Gasteiger charge is 2.15. The number of ether oxygens (including phenoxy) is 1. The van der Waals surface area contributed by atoms with Crippen LogP contribution in [0.15, 0.2) is 36.5 Å². The van der Waals surface area contributed by atoms with Gasteiger partial charge in [-0.05, 0) is 24.1 Å². The zero-order valence-electron chi connectivity index (χ0n) is 13.3. The molecule has 0 aliphatic heterocycles. The number of nitrogens with one attached hydrogen (secondary N) is 1. The Morgan fingerprint density at radius 3 is 2.92 bits per heavy atom. The number of carbonyl (C=O) groups excluding carboxylic acids is 1. The van der Waals surface area contributed by atoms with Gasteiger partial charge in [0, 0.05) is 19.8 Å². The van der Waals surface area contributed by atoms with E-state index in [1.165, 1.54) is 16.9 Å². The molecular weight excluding hydrogens is 332 g/mol. The Labute approximate surface area is 141 Å². The van der Waals surface area contributed by atoms with Gasteiger partial charge in [-0.1, -0.05) is 23.4 Å². The molecule has 1 N–H and O–H groups in total. The number of para-hydroxylation sites is 1. The van der Waals surface area contributed by atoms with Gasteiger partial charge in [-0.2, -0.15) is 8.78 Å². The second kappa shape index (κ2) is 7.20. The number of aryl methyl sites for hydroxylation is 1. The Balaban J connectivity index is 1.67. The molecule has 25 heavy (non-hydrogen) atoms. The summed E-state index contributed by atoms with van der Waals surface area (Å²) in [5.41, 5.74) is 1.85. The Bertz CT molecular complexity index is 897. The zero-order valence-corrected chi connectivity index (χ0v) is 13.3. The van der Waals surface area contributed by atoms with E-state index < -0.39 is 6.61 Å². The van der Waals surface area contributed by atoms with Crippen molar-refractivity contribution in [2.45, 2.75) is 13.0 Å². The predicted octanol–water partition coefficient (Wildman–Crippen LogP) is 1.94. The first-order chi connectivity index (χ1) is 12.1. The van der Waals surface area contributed by atoms with Crippen molar-refractivity contribution >= 4 is 17.1 Å². The van der Waals surface area contributed by atoms with Gasteiger partial charge in [0.2, 0.25) is 0 Å². The number of hydrogen-bond acceptors (Lipinski definition) is 5. The van der Waals surface area contributed by atoms with Crippen LogP contribution in [0.25, 0.3) is 11.2 Å². The molecule has 1 aromatic carbocycles. The highest BCUT2D eigenvalue weighted by molar-refractivity contribution is 6.03. The molecule has 130 valence electrons. The van der Waals surface area contributed by atoms with E-state index in [2.05, 4.69) is 25.3 Å². The van der Waals surface area contributed by atoms with E-state index >= 15 is 0 Å². The normalized spacial score (nSPS) is 11.0. The number of aromatic nitrogens is 4. The molecule has 0 atom stereocenters. The molecule has 0 saturated heterocycles. The summed E-state index contributed by atoms with van der Waals surface area (Å²) in [6, 6.07) is 8.04. The van der Waals surface area contributed by atoms with Gasteiger partial charge in [0.25, 0.3) is 5.91 Å². The molecule has 1 amide bonds. The van der Waals surface area contributed by atoms with Crippen molar-refractivity contribution < 1.29 is 18.3 Å². The molecule has 0 unspecified atom stereocenters. The van der Waals surface area contributed by atoms with Crippen molar-refractivity contribution in [3.05, 3.63) is 47.7 Å². The summed E-state index contributed by atoms with van der Waals surface area (Å²) in [5, 5.41) is 10.5. The number of alkyl halides is 2. The number of rotatable bonds is 6. The van der Waals surface area contributed by atoms with Crippen LogP contribution < -0.4 is 10.1 Å². The van der Waals surface area contributed by atoms with Crippen LogP contribution in [0.4, 0.5) is 8.78 Å². The van der Waals surface area contributed by atoms with Gasteiger partial charge in [-0.3, -0.25) is 4.79 Å². The Morgan fingerprint density at radius 2 is 2.12 bits per heavy atom. The maximum Gasteiger partial charge on any atom is 0.387 e. The fourth-order valence-corrected chi connectivity index (χ4v) is 2.44. The maximum atomic E-state index is 12.4. The highest BCUT2D eigenvalue weighted by Crippen LogP contribution is 2.20. The van der Waals surface area contributed by atoms with Crippen molar-refractivity contribution in [3.63, 3.8) is 0 Å². The predicted molar refractivity (Wildman–Crippen MR) is 85.4 cm³/mol. The molecule has 2 aromatic heterocycles. The van der Waals surface area contributed by atoms with Crippen LogP contribution in [0, 0.1) is 0 Å². The lowest BCUT2D eigenvalue weighted by Gasteiger charge is -2.11. The number of halogens is 2. The average Bonchev–Trinajstić information content (AvgIpc) is 2.97. The average molecular weight is 347 g/mol. The standard InChI is InChI=1S/C16H15F2N5O2/c1-23-14-13(21-22-23)11(7-9-19-14)15(24)20-8-6-10-4-2-3-5-12(10)25-16(17)18/h2-5,7,9,16H,6,8H2,1H3,(H,20,24). The van der Waals surface area contributed by atoms with E-state index in [-0.39, 0.29) is 18.2 Å². The van der Waals surface area contributed by atoms with Crippen molar-refractivity contribution in [2.24, 2.45) is 7.05 Å². The molecule has 0 aliphatic carbocycles. The largest absolute Gasteiger partial charge is 0.435 e. The first-order valence-corrected chi connectivity index (χ1v) is 7.51. The molecular formula is C16H15F2N5O2. The summed E-state index contributed by atoms with van der Waals surface area (Å²) in [6.45, 7) is -2.63. The van der Waals surface area contributed by atoms with Crippen LogP contribution in [0.3, 0.4) is 0 Å². The molecule has 0 bridgehead atoms. The van der Waals surface area contributed by atoms with Gasteiger partial charge in [0.1, 0.15) is 11.3 Å². The minimum Gasteiger partial charge on any atom is -0.435 e. The second-order valence-electron chi connectivity index (χ2n) is 5.24. The summed E-state index contributed by atoms with van der Waals surface area (Å²) in [6.07, 6.45) is 1.86. The van der Waals surface area contributed by atoms with Crippen LogP contribution in [-0.4, -0.2) is 39.0 Å². The second-order valence-corrected chi connectivity index (χ2v) is 5.24. The number of fused-ring (bicyclic) bond motifs is 1. The molecule has 0 radical (unpaired) electrons. The van der Waals surface area contributed by atoms with Crippen molar-refractivity contribution in [1.29, 1.82) is 0 Å². The number of nitrogens with zero attached hydrogens (tertiary/aromatic N) is 4. The van der Waals surface area contributed by atoms with Gasteiger partial charge in [-0.15, -0.1) is 5.10 Å². The van der Waals surface area contributed by atoms with E-state index in [0.717, 1.165) is 0 Å². The first-order valence-electron chi connectivity index (χ1n) is 7.51. The quantitative estimate of drug-likeness (QED) is 0.737. The van der Waals surface area contributed by atoms with Crippen molar-refractivity contribution in [2.75, 3.05) is 6.54 Å². The number of benzene rings is 1. The van der Waals surface area contributed by atoms with E-state index in [9.17, 15) is 13.6 Å². The van der Waals surface area contributed by atoms with Crippen molar-refractivity contribution in [1.82, 2.24) is 25.3 Å². The van der Waals surface area contributed by atoms with E-state index in [1.54, 1.807) is 31.3 Å². The molecule has 0 spiro atoms. The topological polar surface area (TPSA) is 81.9 Å². The summed E-state index contributed by atoms with van der Waals surface area (Å²) < 4.78 is 30.8. The smallest absolute Gasteiger partial charge is 0.387 e. The number of carbonyl (C=O) groups is 1. The van der Waals surface area contributed by atoms with Crippen molar-refractivity contribution in [3.8, 4) is 5.75 Å². The summed E-state index contributed by atoms with van der Waals surface area (Å²) >= 11 is 0. The lowest BCUT2D eigenvalue weighted by Crippen LogP contribution is -2.26. The maximum absolute atomic E-state index is 12.4. The number of amides is 1. The molecule has 0 aliphatic rings. The van der Waals surface area contributed by atoms with E-state index in [1.807, 2.05) is 0 Å². The van der Waals surface area contributed by atoms with Gasteiger partial charge in [0.05, 0.1) is 5.56 Å². The lowest BCUT2D eigenvalue weighted by molar-refractivity contribution is -0.0504.